The fourth-order valence-electron chi connectivity index (χ4n) is 1.78. The standard InChI is InChI=1S/C15H23NO4/c1-15(18,8-9-19-2)11-16-14(17)10-12-6-4-5-7-13(12)20-3/h4-7,18H,8-11H2,1-3H3,(H,16,17). The Morgan fingerprint density at radius 1 is 1.35 bits per heavy atom. The fraction of sp³-hybridized carbons (Fsp3) is 0.533. The molecule has 0 heterocycles. The molecule has 0 fully saturated rings. The molecule has 1 unspecified atom stereocenters. The Morgan fingerprint density at radius 2 is 2.05 bits per heavy atom. The van der Waals surface area contributed by atoms with Crippen LogP contribution in [0.2, 0.25) is 0 Å². The molecule has 1 aromatic carbocycles. The number of amides is 1. The number of rotatable bonds is 8. The molecular formula is C15H23NO4. The first-order chi connectivity index (χ1) is 9.48. The van der Waals surface area contributed by atoms with Crippen molar-refractivity contribution in [2.45, 2.75) is 25.4 Å². The highest BCUT2D eigenvalue weighted by atomic mass is 16.5. The van der Waals surface area contributed by atoms with E-state index in [1.165, 1.54) is 0 Å². The molecule has 20 heavy (non-hydrogen) atoms. The minimum absolute atomic E-state index is 0.146. The van der Waals surface area contributed by atoms with Crippen molar-refractivity contribution in [3.05, 3.63) is 29.8 Å². The molecule has 0 aliphatic carbocycles. The first kappa shape index (κ1) is 16.5. The minimum atomic E-state index is -0.966. The van der Waals surface area contributed by atoms with Crippen LogP contribution in [-0.4, -0.2) is 44.0 Å². The van der Waals surface area contributed by atoms with Crippen molar-refractivity contribution in [3.8, 4) is 5.75 Å². The van der Waals surface area contributed by atoms with Gasteiger partial charge in [-0.05, 0) is 13.0 Å². The van der Waals surface area contributed by atoms with Gasteiger partial charge in [-0.15, -0.1) is 0 Å². The number of ether oxygens (including phenoxy) is 2. The van der Waals surface area contributed by atoms with Gasteiger partial charge in [-0.3, -0.25) is 4.79 Å². The van der Waals surface area contributed by atoms with Gasteiger partial charge in [0.1, 0.15) is 5.75 Å². The minimum Gasteiger partial charge on any atom is -0.496 e. The number of methoxy groups -OCH3 is 2. The van der Waals surface area contributed by atoms with Gasteiger partial charge in [0, 0.05) is 32.2 Å². The van der Waals surface area contributed by atoms with Crippen LogP contribution < -0.4 is 10.1 Å². The monoisotopic (exact) mass is 281 g/mol. The summed E-state index contributed by atoms with van der Waals surface area (Å²) in [4.78, 5) is 11.9. The Labute approximate surface area is 119 Å². The van der Waals surface area contributed by atoms with E-state index in [1.54, 1.807) is 21.1 Å². The predicted molar refractivity (Wildman–Crippen MR) is 76.8 cm³/mol. The van der Waals surface area contributed by atoms with Gasteiger partial charge >= 0.3 is 0 Å². The maximum atomic E-state index is 11.9. The van der Waals surface area contributed by atoms with E-state index in [1.807, 2.05) is 24.3 Å². The Kier molecular flexibility index (Phi) is 6.48. The average molecular weight is 281 g/mol. The smallest absolute Gasteiger partial charge is 0.224 e. The highest BCUT2D eigenvalue weighted by Crippen LogP contribution is 2.17. The molecule has 5 heteroatoms. The zero-order valence-electron chi connectivity index (χ0n) is 12.3. The lowest BCUT2D eigenvalue weighted by Crippen LogP contribution is -2.41. The summed E-state index contributed by atoms with van der Waals surface area (Å²) in [5.41, 5.74) is -0.143. The van der Waals surface area contributed by atoms with Crippen molar-refractivity contribution in [2.75, 3.05) is 27.4 Å². The molecule has 0 aliphatic heterocycles. The van der Waals surface area contributed by atoms with Gasteiger partial charge in [0.25, 0.3) is 0 Å². The zero-order valence-corrected chi connectivity index (χ0v) is 12.3. The number of nitrogens with one attached hydrogen (secondary N) is 1. The van der Waals surface area contributed by atoms with Crippen LogP contribution in [0.5, 0.6) is 5.75 Å². The van der Waals surface area contributed by atoms with Crippen LogP contribution in [0, 0.1) is 0 Å². The molecule has 1 aromatic rings. The largest absolute Gasteiger partial charge is 0.496 e. The Bertz CT molecular complexity index is 432. The molecule has 112 valence electrons. The van der Waals surface area contributed by atoms with Crippen molar-refractivity contribution in [2.24, 2.45) is 0 Å². The number of carbonyl (C=O) groups excluding carboxylic acids is 1. The molecule has 0 spiro atoms. The maximum Gasteiger partial charge on any atom is 0.224 e. The summed E-state index contributed by atoms with van der Waals surface area (Å²) < 4.78 is 10.1. The molecule has 1 rings (SSSR count). The normalized spacial score (nSPS) is 13.6. The van der Waals surface area contributed by atoms with Gasteiger partial charge in [0.2, 0.25) is 5.91 Å². The van der Waals surface area contributed by atoms with Crippen LogP contribution in [0.1, 0.15) is 18.9 Å². The van der Waals surface area contributed by atoms with E-state index in [0.717, 1.165) is 5.56 Å². The molecule has 0 bridgehead atoms. The van der Waals surface area contributed by atoms with Crippen LogP contribution >= 0.6 is 0 Å². The van der Waals surface area contributed by atoms with Gasteiger partial charge in [-0.2, -0.15) is 0 Å². The van der Waals surface area contributed by atoms with E-state index in [4.69, 9.17) is 9.47 Å². The van der Waals surface area contributed by atoms with E-state index < -0.39 is 5.60 Å². The zero-order chi connectivity index (χ0) is 15.0. The maximum absolute atomic E-state index is 11.9. The highest BCUT2D eigenvalue weighted by molar-refractivity contribution is 5.79. The quantitative estimate of drug-likeness (QED) is 0.750. The molecule has 5 nitrogen and oxygen atoms in total. The number of benzene rings is 1. The molecule has 0 saturated carbocycles. The second-order valence-corrected chi connectivity index (χ2v) is 5.01. The number of carbonyl (C=O) groups is 1. The predicted octanol–water partition coefficient (Wildman–Crippen LogP) is 1.14. The third-order valence-corrected chi connectivity index (χ3v) is 3.05. The summed E-state index contributed by atoms with van der Waals surface area (Å²) >= 11 is 0. The third-order valence-electron chi connectivity index (χ3n) is 3.05. The molecule has 0 saturated heterocycles. The number of para-hydroxylation sites is 1. The van der Waals surface area contributed by atoms with Gasteiger partial charge in [-0.25, -0.2) is 0 Å². The highest BCUT2D eigenvalue weighted by Gasteiger charge is 2.21. The van der Waals surface area contributed by atoms with Crippen LogP contribution in [0.15, 0.2) is 24.3 Å². The molecular weight excluding hydrogens is 258 g/mol. The number of hydrogen-bond acceptors (Lipinski definition) is 4. The lowest BCUT2D eigenvalue weighted by atomic mass is 10.0. The average Bonchev–Trinajstić information content (AvgIpc) is 2.44. The first-order valence-corrected chi connectivity index (χ1v) is 6.58. The summed E-state index contributed by atoms with van der Waals surface area (Å²) in [5, 5.41) is 12.8. The van der Waals surface area contributed by atoms with Crippen molar-refractivity contribution >= 4 is 5.91 Å². The second kappa shape index (κ2) is 7.87. The first-order valence-electron chi connectivity index (χ1n) is 6.58. The summed E-state index contributed by atoms with van der Waals surface area (Å²) in [6.07, 6.45) is 0.697. The summed E-state index contributed by atoms with van der Waals surface area (Å²) in [6, 6.07) is 7.38. The van der Waals surface area contributed by atoms with Crippen LogP contribution in [0.3, 0.4) is 0 Å². The molecule has 0 aromatic heterocycles. The fourth-order valence-corrected chi connectivity index (χ4v) is 1.78. The lowest BCUT2D eigenvalue weighted by Gasteiger charge is -2.23. The number of hydrogen-bond donors (Lipinski definition) is 2. The van der Waals surface area contributed by atoms with Crippen molar-refractivity contribution in [3.63, 3.8) is 0 Å². The van der Waals surface area contributed by atoms with Gasteiger partial charge in [0.05, 0.1) is 19.1 Å². The summed E-state index contributed by atoms with van der Waals surface area (Å²) in [6.45, 7) is 2.33. The Morgan fingerprint density at radius 3 is 2.70 bits per heavy atom. The van der Waals surface area contributed by atoms with Gasteiger partial charge < -0.3 is 19.9 Å². The van der Waals surface area contributed by atoms with E-state index in [0.29, 0.717) is 18.8 Å². The molecule has 1 atom stereocenters. The number of aliphatic hydroxyl groups is 1. The molecule has 0 radical (unpaired) electrons. The van der Waals surface area contributed by atoms with Crippen molar-refractivity contribution in [1.82, 2.24) is 5.32 Å². The molecule has 0 aliphatic rings. The van der Waals surface area contributed by atoms with E-state index in [2.05, 4.69) is 5.32 Å². The summed E-state index contributed by atoms with van der Waals surface area (Å²) in [7, 11) is 3.16. The SMILES string of the molecule is COCCC(C)(O)CNC(=O)Cc1ccccc1OC. The van der Waals surface area contributed by atoms with Gasteiger partial charge in [0.15, 0.2) is 0 Å². The Hall–Kier alpha value is -1.59. The van der Waals surface area contributed by atoms with E-state index >= 15 is 0 Å². The van der Waals surface area contributed by atoms with Crippen LogP contribution in [-0.2, 0) is 16.0 Å². The topological polar surface area (TPSA) is 67.8 Å². The van der Waals surface area contributed by atoms with Crippen molar-refractivity contribution < 1.29 is 19.4 Å². The molecule has 2 N–H and O–H groups in total. The Balaban J connectivity index is 2.47. The lowest BCUT2D eigenvalue weighted by molar-refractivity contribution is -0.121. The molecule has 1 amide bonds. The van der Waals surface area contributed by atoms with Crippen LogP contribution in [0.4, 0.5) is 0 Å². The summed E-state index contributed by atoms with van der Waals surface area (Å²) in [5.74, 6) is 0.543. The van der Waals surface area contributed by atoms with Crippen molar-refractivity contribution in [1.29, 1.82) is 0 Å². The van der Waals surface area contributed by atoms with E-state index in [-0.39, 0.29) is 18.9 Å². The third kappa shape index (κ3) is 5.59. The van der Waals surface area contributed by atoms with Gasteiger partial charge in [-0.1, -0.05) is 18.2 Å². The van der Waals surface area contributed by atoms with Crippen LogP contribution in [0.25, 0.3) is 0 Å². The van der Waals surface area contributed by atoms with E-state index in [9.17, 15) is 9.90 Å². The second-order valence-electron chi connectivity index (χ2n) is 5.01.